The highest BCUT2D eigenvalue weighted by atomic mass is 35.5. The minimum Gasteiger partial charge on any atom is -0.299 e. The second-order valence-corrected chi connectivity index (χ2v) is 6.65. The zero-order valence-corrected chi connectivity index (χ0v) is 13.7. The molecule has 0 radical (unpaired) electrons. The van der Waals surface area contributed by atoms with Gasteiger partial charge in [0.15, 0.2) is 0 Å². The maximum absolute atomic E-state index is 6.12. The van der Waals surface area contributed by atoms with Gasteiger partial charge in [-0.2, -0.15) is 0 Å². The molecule has 1 aliphatic rings. The summed E-state index contributed by atoms with van der Waals surface area (Å²) in [5, 5.41) is 1.36. The third-order valence-electron chi connectivity index (χ3n) is 4.24. The second kappa shape index (κ2) is 6.39. The van der Waals surface area contributed by atoms with Gasteiger partial charge in [0.2, 0.25) is 0 Å². The summed E-state index contributed by atoms with van der Waals surface area (Å²) in [6.07, 6.45) is 3.84. The zero-order chi connectivity index (χ0) is 14.8. The van der Waals surface area contributed by atoms with E-state index in [0.717, 1.165) is 5.56 Å². The average Bonchev–Trinajstić information content (AvgIpc) is 2.47. The molecule has 2 aromatic rings. The summed E-state index contributed by atoms with van der Waals surface area (Å²) >= 11 is 12.2. The molecule has 1 nitrogen and oxygen atoms in total. The predicted molar refractivity (Wildman–Crippen MR) is 91.1 cm³/mol. The molecule has 110 valence electrons. The van der Waals surface area contributed by atoms with Gasteiger partial charge in [0, 0.05) is 16.1 Å². The lowest BCUT2D eigenvalue weighted by Crippen LogP contribution is -2.29. The number of nitrogens with zero attached hydrogens (tertiary/aromatic N) is 1. The van der Waals surface area contributed by atoms with E-state index >= 15 is 0 Å². The third-order valence-corrected chi connectivity index (χ3v) is 4.67. The van der Waals surface area contributed by atoms with Crippen molar-refractivity contribution in [3.8, 4) is 11.1 Å². The van der Waals surface area contributed by atoms with Gasteiger partial charge in [0.25, 0.3) is 0 Å². The van der Waals surface area contributed by atoms with E-state index in [1.165, 1.54) is 36.9 Å². The van der Waals surface area contributed by atoms with Crippen molar-refractivity contribution >= 4 is 23.2 Å². The largest absolute Gasteiger partial charge is 0.299 e. The molecule has 1 heterocycles. The number of benzene rings is 2. The van der Waals surface area contributed by atoms with Crippen LogP contribution in [0.15, 0.2) is 42.5 Å². The van der Waals surface area contributed by atoms with Gasteiger partial charge in [-0.05, 0) is 67.4 Å². The molecule has 1 saturated heterocycles. The lowest BCUT2D eigenvalue weighted by Gasteiger charge is -2.33. The number of piperidine rings is 1. The summed E-state index contributed by atoms with van der Waals surface area (Å²) in [5.41, 5.74) is 3.63. The fourth-order valence-corrected chi connectivity index (χ4v) is 3.67. The van der Waals surface area contributed by atoms with E-state index in [1.807, 2.05) is 12.1 Å². The summed E-state index contributed by atoms with van der Waals surface area (Å²) in [6, 6.07) is 15.0. The molecule has 0 N–H and O–H groups in total. The maximum Gasteiger partial charge on any atom is 0.0426 e. The monoisotopic (exact) mass is 319 g/mol. The Balaban J connectivity index is 1.95. The highest BCUT2D eigenvalue weighted by Gasteiger charge is 2.20. The van der Waals surface area contributed by atoms with Crippen molar-refractivity contribution in [3.05, 3.63) is 58.1 Å². The fraction of sp³-hybridized carbons (Fsp3) is 0.333. The van der Waals surface area contributed by atoms with E-state index in [9.17, 15) is 0 Å². The Bertz CT molecular complexity index is 619. The lowest BCUT2D eigenvalue weighted by molar-refractivity contribution is 0.187. The summed E-state index contributed by atoms with van der Waals surface area (Å²) in [6.45, 7) is 1.18. The molecule has 2 aromatic carbocycles. The standard InChI is InChI=1S/C18H19Cl2N/c1-21-8-3-2-7-18(21)14-6-4-5-13(9-14)15-10-16(19)12-17(20)11-15/h4-6,9-12,18H,2-3,7-8H2,1H3/t18-/m1/s1. The van der Waals surface area contributed by atoms with Crippen LogP contribution in [-0.2, 0) is 0 Å². The number of hydrogen-bond donors (Lipinski definition) is 0. The molecule has 0 bridgehead atoms. The fourth-order valence-electron chi connectivity index (χ4n) is 3.14. The van der Waals surface area contributed by atoms with Crippen molar-refractivity contribution in [3.63, 3.8) is 0 Å². The topological polar surface area (TPSA) is 3.24 Å². The van der Waals surface area contributed by atoms with Crippen LogP contribution < -0.4 is 0 Å². The molecule has 0 aliphatic carbocycles. The SMILES string of the molecule is CN1CCCC[C@@H]1c1cccc(-c2cc(Cl)cc(Cl)c2)c1. The van der Waals surface area contributed by atoms with Crippen LogP contribution in [0.1, 0.15) is 30.9 Å². The van der Waals surface area contributed by atoms with Crippen LogP contribution >= 0.6 is 23.2 Å². The molecule has 3 heteroatoms. The van der Waals surface area contributed by atoms with Gasteiger partial charge in [-0.1, -0.05) is 47.8 Å². The Morgan fingerprint density at radius 3 is 2.43 bits per heavy atom. The minimum atomic E-state index is 0.522. The van der Waals surface area contributed by atoms with Crippen molar-refractivity contribution in [2.75, 3.05) is 13.6 Å². The van der Waals surface area contributed by atoms with Gasteiger partial charge in [0.1, 0.15) is 0 Å². The second-order valence-electron chi connectivity index (χ2n) is 5.78. The van der Waals surface area contributed by atoms with E-state index in [4.69, 9.17) is 23.2 Å². The quantitative estimate of drug-likeness (QED) is 0.674. The number of hydrogen-bond acceptors (Lipinski definition) is 1. The van der Waals surface area contributed by atoms with Gasteiger partial charge in [-0.15, -0.1) is 0 Å². The molecular formula is C18H19Cl2N. The first-order valence-electron chi connectivity index (χ1n) is 7.40. The van der Waals surface area contributed by atoms with Crippen LogP contribution in [0.2, 0.25) is 10.0 Å². The van der Waals surface area contributed by atoms with Gasteiger partial charge < -0.3 is 0 Å². The Morgan fingerprint density at radius 1 is 0.952 bits per heavy atom. The van der Waals surface area contributed by atoms with Crippen LogP contribution in [0, 0.1) is 0 Å². The molecule has 0 spiro atoms. The van der Waals surface area contributed by atoms with Crippen molar-refractivity contribution in [1.82, 2.24) is 4.90 Å². The average molecular weight is 320 g/mol. The van der Waals surface area contributed by atoms with E-state index in [-0.39, 0.29) is 0 Å². The molecule has 1 fully saturated rings. The first-order valence-corrected chi connectivity index (χ1v) is 8.16. The number of rotatable bonds is 2. The number of likely N-dealkylation sites (tertiary alicyclic amines) is 1. The number of halogens is 2. The molecular weight excluding hydrogens is 301 g/mol. The van der Waals surface area contributed by atoms with Crippen LogP contribution in [0.4, 0.5) is 0 Å². The lowest BCUT2D eigenvalue weighted by atomic mass is 9.93. The molecule has 3 rings (SSSR count). The Kier molecular flexibility index (Phi) is 4.54. The van der Waals surface area contributed by atoms with Crippen molar-refractivity contribution in [2.24, 2.45) is 0 Å². The van der Waals surface area contributed by atoms with Crippen molar-refractivity contribution in [2.45, 2.75) is 25.3 Å². The summed E-state index contributed by atoms with van der Waals surface area (Å²) < 4.78 is 0. The smallest absolute Gasteiger partial charge is 0.0426 e. The van der Waals surface area contributed by atoms with Crippen molar-refractivity contribution in [1.29, 1.82) is 0 Å². The van der Waals surface area contributed by atoms with Crippen LogP contribution in [0.3, 0.4) is 0 Å². The molecule has 21 heavy (non-hydrogen) atoms. The van der Waals surface area contributed by atoms with Crippen LogP contribution in [0.5, 0.6) is 0 Å². The zero-order valence-electron chi connectivity index (χ0n) is 12.2. The minimum absolute atomic E-state index is 0.522. The van der Waals surface area contributed by atoms with Crippen LogP contribution in [0.25, 0.3) is 11.1 Å². The highest BCUT2D eigenvalue weighted by molar-refractivity contribution is 6.35. The Hall–Kier alpha value is -1.02. The van der Waals surface area contributed by atoms with E-state index in [1.54, 1.807) is 6.07 Å². The summed E-state index contributed by atoms with van der Waals surface area (Å²) in [4.78, 5) is 2.45. The van der Waals surface area contributed by atoms with Crippen LogP contribution in [-0.4, -0.2) is 18.5 Å². The first-order chi connectivity index (χ1) is 10.1. The molecule has 1 atom stereocenters. The van der Waals surface area contributed by atoms with Crippen molar-refractivity contribution < 1.29 is 0 Å². The maximum atomic E-state index is 6.12. The van der Waals surface area contributed by atoms with E-state index in [2.05, 4.69) is 36.2 Å². The summed E-state index contributed by atoms with van der Waals surface area (Å²) in [7, 11) is 2.22. The third kappa shape index (κ3) is 3.42. The molecule has 0 unspecified atom stereocenters. The highest BCUT2D eigenvalue weighted by Crippen LogP contribution is 2.33. The van der Waals surface area contributed by atoms with E-state index < -0.39 is 0 Å². The van der Waals surface area contributed by atoms with Gasteiger partial charge in [-0.3, -0.25) is 4.90 Å². The summed E-state index contributed by atoms with van der Waals surface area (Å²) in [5.74, 6) is 0. The van der Waals surface area contributed by atoms with Gasteiger partial charge in [-0.25, -0.2) is 0 Å². The van der Waals surface area contributed by atoms with Gasteiger partial charge in [0.05, 0.1) is 0 Å². The predicted octanol–water partition coefficient (Wildman–Crippen LogP) is 5.82. The molecule has 0 saturated carbocycles. The molecule has 0 amide bonds. The first kappa shape index (κ1) is 14.9. The Morgan fingerprint density at radius 2 is 1.71 bits per heavy atom. The Labute approximate surface area is 136 Å². The molecule has 0 aromatic heterocycles. The van der Waals surface area contributed by atoms with E-state index in [0.29, 0.717) is 16.1 Å². The van der Waals surface area contributed by atoms with Gasteiger partial charge >= 0.3 is 0 Å². The normalized spacial score (nSPS) is 19.7. The molecule has 1 aliphatic heterocycles.